The summed E-state index contributed by atoms with van der Waals surface area (Å²) in [5, 5.41) is 11.8. The number of benzene rings is 2. The first-order valence-corrected chi connectivity index (χ1v) is 5.31. The molecule has 0 aromatic heterocycles. The van der Waals surface area contributed by atoms with Crippen molar-refractivity contribution in [1.29, 1.82) is 0 Å². The summed E-state index contributed by atoms with van der Waals surface area (Å²) in [5.74, 6) is -0.529. The van der Waals surface area contributed by atoms with Crippen molar-refractivity contribution < 1.29 is 9.90 Å². The van der Waals surface area contributed by atoms with Crippen LogP contribution < -0.4 is 5.11 Å². The molecular formula is C18H20O2Sn. The Labute approximate surface area is 145 Å². The second-order valence-corrected chi connectivity index (χ2v) is 3.60. The van der Waals surface area contributed by atoms with Gasteiger partial charge in [0.25, 0.3) is 0 Å². The molecule has 2 nitrogen and oxygen atoms in total. The van der Waals surface area contributed by atoms with Gasteiger partial charge in [-0.3, -0.25) is 4.79 Å². The second kappa shape index (κ2) is 12.2. The van der Waals surface area contributed by atoms with Gasteiger partial charge in [0.1, 0.15) is 0 Å². The van der Waals surface area contributed by atoms with Crippen molar-refractivity contribution >= 4 is 35.4 Å². The minimum atomic E-state index is -0.264. The molecule has 0 fully saturated rings. The normalized spacial score (nSPS) is 9.05. The number of hydrogen-bond acceptors (Lipinski definition) is 2. The molecular weight excluding hydrogens is 367 g/mol. The van der Waals surface area contributed by atoms with E-state index in [1.54, 1.807) is 48.5 Å². The molecule has 0 atom stereocenters. The summed E-state index contributed by atoms with van der Waals surface area (Å²) in [6.45, 7) is 0. The molecule has 0 heterocycles. The predicted molar refractivity (Wildman–Crippen MR) is 90.2 cm³/mol. The summed E-state index contributed by atoms with van der Waals surface area (Å²) >= 11 is 0. The fraction of sp³-hybridized carbons (Fsp3) is 0. The molecule has 2 aromatic rings. The first-order valence-electron chi connectivity index (χ1n) is 5.31. The van der Waals surface area contributed by atoms with Crippen LogP contribution in [-0.4, -0.2) is 29.7 Å². The molecule has 0 spiro atoms. The van der Waals surface area contributed by atoms with E-state index in [2.05, 4.69) is 0 Å². The molecule has 0 N–H and O–H groups in total. The minimum absolute atomic E-state index is 0. The zero-order valence-corrected chi connectivity index (χ0v) is 15.5. The van der Waals surface area contributed by atoms with E-state index in [4.69, 9.17) is 0 Å². The molecule has 108 valence electrons. The summed E-state index contributed by atoms with van der Waals surface area (Å²) in [7, 11) is 0. The molecule has 0 aliphatic rings. The van der Waals surface area contributed by atoms with Crippen LogP contribution in [0.1, 0.15) is 15.9 Å². The van der Waals surface area contributed by atoms with Gasteiger partial charge in [-0.2, -0.15) is 0 Å². The fourth-order valence-corrected chi connectivity index (χ4v) is 1.49. The van der Waals surface area contributed by atoms with E-state index in [-0.39, 0.29) is 57.7 Å². The largest absolute Gasteiger partial charge is 4.00 e. The van der Waals surface area contributed by atoms with Crippen molar-refractivity contribution in [2.45, 2.75) is 0 Å². The summed E-state index contributed by atoms with van der Waals surface area (Å²) in [4.78, 5) is 11.8. The van der Waals surface area contributed by atoms with E-state index in [1.165, 1.54) is 0 Å². The van der Waals surface area contributed by atoms with Gasteiger partial charge >= 0.3 is 23.9 Å². The third kappa shape index (κ3) is 7.14. The molecule has 3 heteroatoms. The average molecular weight is 387 g/mol. The third-order valence-corrected chi connectivity index (χ3v) is 2.38. The van der Waals surface area contributed by atoms with Crippen molar-refractivity contribution in [3.63, 3.8) is 0 Å². The first-order chi connectivity index (χ1) is 8.27. The molecule has 2 rings (SSSR count). The van der Waals surface area contributed by atoms with Gasteiger partial charge in [-0.1, -0.05) is 66.4 Å². The van der Waals surface area contributed by atoms with E-state index in [0.717, 1.165) is 6.08 Å². The van der Waals surface area contributed by atoms with Crippen LogP contribution in [0.25, 0.3) is 5.76 Å². The van der Waals surface area contributed by atoms with Gasteiger partial charge in [0.15, 0.2) is 5.78 Å². The average Bonchev–Trinajstić information content (AvgIpc) is 2.40. The summed E-state index contributed by atoms with van der Waals surface area (Å²) in [6.07, 6.45) is 1.13. The zero-order chi connectivity index (χ0) is 12.1. The number of carbonyl (C=O) groups is 1. The maximum Gasteiger partial charge on any atom is 4.00 e. The molecule has 0 saturated heterocycles. The van der Waals surface area contributed by atoms with Gasteiger partial charge in [0.05, 0.1) is 0 Å². The molecule has 0 saturated carbocycles. The van der Waals surface area contributed by atoms with Gasteiger partial charge in [0.2, 0.25) is 0 Å². The van der Waals surface area contributed by atoms with Crippen LogP contribution in [0.4, 0.5) is 0 Å². The van der Waals surface area contributed by atoms with Gasteiger partial charge in [0, 0.05) is 5.56 Å². The van der Waals surface area contributed by atoms with Gasteiger partial charge in [-0.05, 0) is 11.6 Å². The SMILES string of the molecule is O=C(C=C([O-])c1ccccc1)c1ccccc1.[CH3-].[CH3-].[CH3-].[Sn+4]. The van der Waals surface area contributed by atoms with Crippen molar-refractivity contribution in [2.75, 3.05) is 0 Å². The monoisotopic (exact) mass is 388 g/mol. The Hall–Kier alpha value is -1.55. The Kier molecular flexibility index (Phi) is 14.2. The van der Waals surface area contributed by atoms with E-state index < -0.39 is 0 Å². The maximum atomic E-state index is 11.8. The molecule has 0 amide bonds. The van der Waals surface area contributed by atoms with E-state index in [1.807, 2.05) is 12.1 Å². The van der Waals surface area contributed by atoms with E-state index in [0.29, 0.717) is 11.1 Å². The van der Waals surface area contributed by atoms with Crippen LogP contribution in [0, 0.1) is 22.3 Å². The van der Waals surface area contributed by atoms with Crippen LogP contribution in [0.15, 0.2) is 66.7 Å². The van der Waals surface area contributed by atoms with Crippen LogP contribution in [0.2, 0.25) is 0 Å². The molecule has 2 aromatic carbocycles. The third-order valence-electron chi connectivity index (χ3n) is 2.38. The van der Waals surface area contributed by atoms with Crippen molar-refractivity contribution in [1.82, 2.24) is 0 Å². The number of rotatable bonds is 3. The Balaban J connectivity index is -0.000000810. The number of ketones is 1. The minimum Gasteiger partial charge on any atom is -0.872 e. The van der Waals surface area contributed by atoms with Crippen LogP contribution in [0.5, 0.6) is 0 Å². The van der Waals surface area contributed by atoms with E-state index in [9.17, 15) is 9.90 Å². The van der Waals surface area contributed by atoms with Crippen molar-refractivity contribution in [3.8, 4) is 0 Å². The van der Waals surface area contributed by atoms with Crippen molar-refractivity contribution in [2.24, 2.45) is 0 Å². The van der Waals surface area contributed by atoms with Crippen LogP contribution in [0.3, 0.4) is 0 Å². The smallest absolute Gasteiger partial charge is 0.872 e. The molecule has 0 radical (unpaired) electrons. The Morgan fingerprint density at radius 3 is 1.57 bits per heavy atom. The fourth-order valence-electron chi connectivity index (χ4n) is 1.49. The zero-order valence-electron chi connectivity index (χ0n) is 12.7. The molecule has 0 unspecified atom stereocenters. The first kappa shape index (κ1) is 24.5. The Morgan fingerprint density at radius 1 is 0.762 bits per heavy atom. The maximum absolute atomic E-state index is 11.8. The Bertz CT molecular complexity index is 534. The Morgan fingerprint density at radius 2 is 1.14 bits per heavy atom. The molecule has 0 aliphatic carbocycles. The summed E-state index contributed by atoms with van der Waals surface area (Å²) in [5.41, 5.74) is 1.05. The number of hydrogen-bond donors (Lipinski definition) is 0. The van der Waals surface area contributed by atoms with Gasteiger partial charge < -0.3 is 27.4 Å². The predicted octanol–water partition coefficient (Wildman–Crippen LogP) is 3.24. The molecule has 0 aliphatic heterocycles. The summed E-state index contributed by atoms with van der Waals surface area (Å²) < 4.78 is 0. The standard InChI is InChI=1S/C15H12O2.3CH3.Sn/c16-14(12-7-3-1-4-8-12)11-15(17)13-9-5-2-6-10-13;;;;/h1-11,16H;3*1H3;/q;3*-1;+4/p-1. The van der Waals surface area contributed by atoms with Crippen molar-refractivity contribution in [3.05, 3.63) is 100 Å². The van der Waals surface area contributed by atoms with Crippen LogP contribution in [-0.2, 0) is 0 Å². The second-order valence-electron chi connectivity index (χ2n) is 3.60. The molecule has 21 heavy (non-hydrogen) atoms. The van der Waals surface area contributed by atoms with Gasteiger partial charge in [-0.15, -0.1) is 0 Å². The number of allylic oxidation sites excluding steroid dienone is 1. The van der Waals surface area contributed by atoms with Crippen LogP contribution >= 0.6 is 0 Å². The topological polar surface area (TPSA) is 40.1 Å². The molecule has 0 bridgehead atoms. The summed E-state index contributed by atoms with van der Waals surface area (Å²) in [6, 6.07) is 17.5. The number of carbonyl (C=O) groups excluding carboxylic acids is 1. The van der Waals surface area contributed by atoms with Gasteiger partial charge in [-0.25, -0.2) is 0 Å². The quantitative estimate of drug-likeness (QED) is 0.267. The van der Waals surface area contributed by atoms with E-state index >= 15 is 0 Å².